The smallest absolute Gasteiger partial charge is 0.379 e. The summed E-state index contributed by atoms with van der Waals surface area (Å²) in [6.45, 7) is 1.72. The zero-order valence-electron chi connectivity index (χ0n) is 12.1. The number of rotatable bonds is 2. The molecule has 0 atom stereocenters. The molecule has 1 aromatic carbocycles. The molecule has 0 radical (unpaired) electrons. The van der Waals surface area contributed by atoms with E-state index in [1.807, 2.05) is 0 Å². The number of nitrogens with zero attached hydrogens (tertiary/aromatic N) is 3. The van der Waals surface area contributed by atoms with Gasteiger partial charge < -0.3 is 9.57 Å². The lowest BCUT2D eigenvalue weighted by Gasteiger charge is -2.08. The van der Waals surface area contributed by atoms with E-state index >= 15 is 0 Å². The highest BCUT2D eigenvalue weighted by molar-refractivity contribution is 6.38. The van der Waals surface area contributed by atoms with Gasteiger partial charge in [-0.15, -0.1) is 0 Å². The Kier molecular flexibility index (Phi) is 5.05. The Morgan fingerprint density at radius 3 is 2.41 bits per heavy atom. The number of carbonyl (C=O) groups is 1. The molecule has 2 rings (SSSR count). The molecule has 0 amide bonds. The van der Waals surface area contributed by atoms with Crippen molar-refractivity contribution in [2.24, 2.45) is 5.16 Å². The van der Waals surface area contributed by atoms with Crippen LogP contribution >= 0.6 is 23.2 Å². The van der Waals surface area contributed by atoms with E-state index in [4.69, 9.17) is 32.8 Å². The summed E-state index contributed by atoms with van der Waals surface area (Å²) >= 11 is 12.2. The fraction of sp³-hybridized carbons (Fsp3) is 0.214. The SMILES string of the molecule is CON=C(C(=O)OC)n1nc(C)c(Cl)c1-c1ccc(Cl)cc1. The quantitative estimate of drug-likeness (QED) is 0.364. The molecule has 8 heteroatoms. The van der Waals surface area contributed by atoms with Crippen LogP contribution in [0.4, 0.5) is 0 Å². The first-order valence-corrected chi connectivity index (χ1v) is 6.96. The average molecular weight is 342 g/mol. The van der Waals surface area contributed by atoms with Crippen molar-refractivity contribution in [3.05, 3.63) is 40.0 Å². The number of carbonyl (C=O) groups excluding carboxylic acids is 1. The minimum atomic E-state index is -0.698. The standard InChI is InChI=1S/C14H13Cl2N3O3/c1-8-11(16)12(9-4-6-10(15)7-5-9)19(17-8)13(18-22-3)14(20)21-2/h4-7H,1-3H3. The van der Waals surface area contributed by atoms with Crippen LogP contribution in [0, 0.1) is 6.92 Å². The summed E-state index contributed by atoms with van der Waals surface area (Å²) < 4.78 is 5.99. The number of hydrogen-bond acceptors (Lipinski definition) is 5. The van der Waals surface area contributed by atoms with Gasteiger partial charge in [-0.2, -0.15) is 5.10 Å². The van der Waals surface area contributed by atoms with Crippen LogP contribution in [0.1, 0.15) is 5.69 Å². The number of ether oxygens (including phenoxy) is 1. The van der Waals surface area contributed by atoms with Gasteiger partial charge in [-0.1, -0.05) is 40.5 Å². The summed E-state index contributed by atoms with van der Waals surface area (Å²) in [6.07, 6.45) is 0. The zero-order chi connectivity index (χ0) is 16.3. The summed E-state index contributed by atoms with van der Waals surface area (Å²) in [5.41, 5.74) is 1.76. The van der Waals surface area contributed by atoms with Crippen LogP contribution in [0.15, 0.2) is 29.4 Å². The summed E-state index contributed by atoms with van der Waals surface area (Å²) in [5.74, 6) is -0.832. The minimum Gasteiger partial charge on any atom is -0.463 e. The predicted octanol–water partition coefficient (Wildman–Crippen LogP) is 3.15. The van der Waals surface area contributed by atoms with Crippen LogP contribution in [0.25, 0.3) is 11.3 Å². The molecule has 0 spiro atoms. The number of oxime groups is 1. The van der Waals surface area contributed by atoms with E-state index in [1.165, 1.54) is 18.9 Å². The molecule has 0 aliphatic rings. The largest absolute Gasteiger partial charge is 0.463 e. The maximum absolute atomic E-state index is 11.9. The van der Waals surface area contributed by atoms with Crippen molar-refractivity contribution in [2.75, 3.05) is 14.2 Å². The molecular weight excluding hydrogens is 329 g/mol. The zero-order valence-corrected chi connectivity index (χ0v) is 13.6. The van der Waals surface area contributed by atoms with Gasteiger partial charge in [-0.3, -0.25) is 0 Å². The topological polar surface area (TPSA) is 65.7 Å². The number of methoxy groups -OCH3 is 1. The van der Waals surface area contributed by atoms with Gasteiger partial charge in [-0.05, 0) is 19.1 Å². The van der Waals surface area contributed by atoms with Crippen molar-refractivity contribution in [3.8, 4) is 11.3 Å². The van der Waals surface area contributed by atoms with E-state index in [-0.39, 0.29) is 5.84 Å². The van der Waals surface area contributed by atoms with Gasteiger partial charge in [0.2, 0.25) is 0 Å². The average Bonchev–Trinajstić information content (AvgIpc) is 2.80. The number of aromatic nitrogens is 2. The molecule has 1 aromatic heterocycles. The fourth-order valence-corrected chi connectivity index (χ4v) is 2.21. The lowest BCUT2D eigenvalue weighted by atomic mass is 10.1. The van der Waals surface area contributed by atoms with Crippen molar-refractivity contribution >= 4 is 35.0 Å². The monoisotopic (exact) mass is 341 g/mol. The van der Waals surface area contributed by atoms with Crippen molar-refractivity contribution in [2.45, 2.75) is 6.92 Å². The molecule has 0 fully saturated rings. The molecule has 0 bridgehead atoms. The molecule has 0 aliphatic heterocycles. The van der Waals surface area contributed by atoms with E-state index < -0.39 is 5.97 Å². The van der Waals surface area contributed by atoms with E-state index in [9.17, 15) is 4.79 Å². The van der Waals surface area contributed by atoms with Crippen LogP contribution in [-0.4, -0.2) is 35.8 Å². The fourth-order valence-electron chi connectivity index (χ4n) is 1.86. The van der Waals surface area contributed by atoms with E-state index in [2.05, 4.69) is 10.3 Å². The lowest BCUT2D eigenvalue weighted by molar-refractivity contribution is -0.133. The number of esters is 1. The normalized spacial score (nSPS) is 11.4. The molecule has 0 aliphatic carbocycles. The maximum atomic E-state index is 11.9. The highest BCUT2D eigenvalue weighted by atomic mass is 35.5. The summed E-state index contributed by atoms with van der Waals surface area (Å²) in [7, 11) is 2.57. The summed E-state index contributed by atoms with van der Waals surface area (Å²) in [4.78, 5) is 16.6. The summed E-state index contributed by atoms with van der Waals surface area (Å²) in [5, 5.41) is 8.90. The third-order valence-corrected chi connectivity index (χ3v) is 3.56. The highest BCUT2D eigenvalue weighted by Gasteiger charge is 2.24. The van der Waals surface area contributed by atoms with Crippen LogP contribution < -0.4 is 0 Å². The third-order valence-electron chi connectivity index (χ3n) is 2.85. The minimum absolute atomic E-state index is 0.134. The van der Waals surface area contributed by atoms with Crippen molar-refractivity contribution in [1.29, 1.82) is 0 Å². The Bertz CT molecular complexity index is 724. The molecule has 1 heterocycles. The van der Waals surface area contributed by atoms with Gasteiger partial charge in [0.1, 0.15) is 7.11 Å². The molecule has 116 valence electrons. The van der Waals surface area contributed by atoms with Crippen LogP contribution in [0.3, 0.4) is 0 Å². The number of halogens is 2. The van der Waals surface area contributed by atoms with E-state index in [0.717, 1.165) is 5.56 Å². The van der Waals surface area contributed by atoms with E-state index in [1.54, 1.807) is 31.2 Å². The molecule has 6 nitrogen and oxygen atoms in total. The molecular formula is C14H13Cl2N3O3. The van der Waals surface area contributed by atoms with Gasteiger partial charge in [0.25, 0.3) is 5.84 Å². The number of benzene rings is 1. The maximum Gasteiger partial charge on any atom is 0.379 e. The Labute approximate surface area is 137 Å². The molecule has 22 heavy (non-hydrogen) atoms. The van der Waals surface area contributed by atoms with Gasteiger partial charge in [0.05, 0.1) is 23.5 Å². The number of hydrogen-bond donors (Lipinski definition) is 0. The van der Waals surface area contributed by atoms with Crippen LogP contribution in [0.5, 0.6) is 0 Å². The van der Waals surface area contributed by atoms with Crippen LogP contribution in [-0.2, 0) is 14.4 Å². The first-order chi connectivity index (χ1) is 10.5. The predicted molar refractivity (Wildman–Crippen MR) is 84.3 cm³/mol. The van der Waals surface area contributed by atoms with Crippen molar-refractivity contribution in [1.82, 2.24) is 9.78 Å². The first kappa shape index (κ1) is 16.3. The van der Waals surface area contributed by atoms with Crippen molar-refractivity contribution in [3.63, 3.8) is 0 Å². The van der Waals surface area contributed by atoms with Crippen LogP contribution in [0.2, 0.25) is 10.0 Å². The molecule has 0 saturated carbocycles. The van der Waals surface area contributed by atoms with Gasteiger partial charge in [0, 0.05) is 10.6 Å². The molecule has 0 N–H and O–H groups in total. The Morgan fingerprint density at radius 2 is 1.86 bits per heavy atom. The van der Waals surface area contributed by atoms with E-state index in [0.29, 0.717) is 21.4 Å². The van der Waals surface area contributed by atoms with Gasteiger partial charge >= 0.3 is 5.97 Å². The van der Waals surface area contributed by atoms with Crippen molar-refractivity contribution < 1.29 is 14.4 Å². The van der Waals surface area contributed by atoms with Gasteiger partial charge in [-0.25, -0.2) is 9.48 Å². The highest BCUT2D eigenvalue weighted by Crippen LogP contribution is 2.31. The Hall–Kier alpha value is -2.05. The Balaban J connectivity index is 2.67. The molecule has 0 saturated heterocycles. The summed E-state index contributed by atoms with van der Waals surface area (Å²) in [6, 6.07) is 6.96. The van der Waals surface area contributed by atoms with Gasteiger partial charge in [0.15, 0.2) is 0 Å². The first-order valence-electron chi connectivity index (χ1n) is 6.20. The Morgan fingerprint density at radius 1 is 1.23 bits per heavy atom. The molecule has 2 aromatic rings. The second kappa shape index (κ2) is 6.81. The third kappa shape index (κ3) is 3.08. The second-order valence-electron chi connectivity index (χ2n) is 4.26. The molecule has 0 unspecified atom stereocenters. The number of aryl methyl sites for hydroxylation is 1. The lowest BCUT2D eigenvalue weighted by Crippen LogP contribution is -2.26. The second-order valence-corrected chi connectivity index (χ2v) is 5.07.